The van der Waals surface area contributed by atoms with E-state index in [-0.39, 0.29) is 6.03 Å². The Morgan fingerprint density at radius 2 is 1.69 bits per heavy atom. The number of hydrogen-bond acceptors (Lipinski definition) is 3. The van der Waals surface area contributed by atoms with Gasteiger partial charge in [-0.15, -0.1) is 0 Å². The molecule has 0 saturated carbocycles. The third-order valence-corrected chi connectivity index (χ3v) is 4.69. The van der Waals surface area contributed by atoms with Gasteiger partial charge in [0.25, 0.3) is 0 Å². The van der Waals surface area contributed by atoms with Crippen molar-refractivity contribution in [2.45, 2.75) is 13.1 Å². The predicted octanol–water partition coefficient (Wildman–Crippen LogP) is 3.52. The summed E-state index contributed by atoms with van der Waals surface area (Å²) in [5, 5.41) is 3.65. The van der Waals surface area contributed by atoms with E-state index in [2.05, 4.69) is 34.5 Å². The molecule has 0 unspecified atom stereocenters. The van der Waals surface area contributed by atoms with Crippen molar-refractivity contribution in [2.75, 3.05) is 38.3 Å². The number of rotatable bonds is 5. The number of urea groups is 1. The Morgan fingerprint density at radius 1 is 1.08 bits per heavy atom. The summed E-state index contributed by atoms with van der Waals surface area (Å²) in [6, 6.07) is 15.7. The van der Waals surface area contributed by atoms with Crippen molar-refractivity contribution in [3.05, 3.63) is 64.7 Å². The number of carbonyl (C=O) groups is 1. The molecule has 3 rings (SSSR count). The van der Waals surface area contributed by atoms with Crippen molar-refractivity contribution < 1.29 is 9.53 Å². The van der Waals surface area contributed by atoms with Crippen LogP contribution >= 0.6 is 11.6 Å². The number of benzene rings is 2. The first kappa shape index (κ1) is 18.5. The van der Waals surface area contributed by atoms with Crippen molar-refractivity contribution in [3.63, 3.8) is 0 Å². The number of hydrogen-bond donors (Lipinski definition) is 1. The maximum atomic E-state index is 12.3. The highest BCUT2D eigenvalue weighted by Crippen LogP contribution is 2.16. The zero-order chi connectivity index (χ0) is 18.4. The lowest BCUT2D eigenvalue weighted by Gasteiger charge is -2.29. The van der Waals surface area contributed by atoms with E-state index < -0.39 is 0 Å². The number of morpholine rings is 1. The standard InChI is InChI=1S/C20H24ClN3O2/c1-23(15-17-2-6-18(21)7-3-17)20(25)22-14-16-4-8-19(9-5-16)24-10-12-26-13-11-24/h2-9H,10-15H2,1H3,(H,22,25). The smallest absolute Gasteiger partial charge is 0.317 e. The molecule has 2 amide bonds. The summed E-state index contributed by atoms with van der Waals surface area (Å²) < 4.78 is 5.38. The largest absolute Gasteiger partial charge is 0.378 e. The average molecular weight is 374 g/mol. The molecule has 2 aromatic rings. The molecule has 1 saturated heterocycles. The molecule has 0 aliphatic carbocycles. The first-order chi connectivity index (χ1) is 12.6. The predicted molar refractivity (Wildman–Crippen MR) is 105 cm³/mol. The van der Waals surface area contributed by atoms with Crippen LogP contribution in [-0.2, 0) is 17.8 Å². The molecule has 0 atom stereocenters. The van der Waals surface area contributed by atoms with Crippen LogP contribution in [0.3, 0.4) is 0 Å². The topological polar surface area (TPSA) is 44.8 Å². The van der Waals surface area contributed by atoms with Gasteiger partial charge in [0.05, 0.1) is 13.2 Å². The summed E-state index contributed by atoms with van der Waals surface area (Å²) >= 11 is 5.89. The van der Waals surface area contributed by atoms with Crippen LogP contribution in [0.2, 0.25) is 5.02 Å². The van der Waals surface area contributed by atoms with Gasteiger partial charge in [-0.3, -0.25) is 0 Å². The fourth-order valence-electron chi connectivity index (χ4n) is 2.89. The zero-order valence-corrected chi connectivity index (χ0v) is 15.7. The van der Waals surface area contributed by atoms with E-state index in [0.29, 0.717) is 18.1 Å². The Kier molecular flexibility index (Phi) is 6.36. The van der Waals surface area contributed by atoms with Gasteiger partial charge in [0.2, 0.25) is 0 Å². The van der Waals surface area contributed by atoms with Crippen LogP contribution in [0.25, 0.3) is 0 Å². The van der Waals surface area contributed by atoms with Gasteiger partial charge in [-0.1, -0.05) is 35.9 Å². The SMILES string of the molecule is CN(Cc1ccc(Cl)cc1)C(=O)NCc1ccc(N2CCOCC2)cc1. The molecule has 1 aliphatic rings. The fraction of sp³-hybridized carbons (Fsp3) is 0.350. The van der Waals surface area contributed by atoms with Gasteiger partial charge in [0.1, 0.15) is 0 Å². The van der Waals surface area contributed by atoms with Crippen LogP contribution in [-0.4, -0.2) is 44.3 Å². The summed E-state index contributed by atoms with van der Waals surface area (Å²) in [6.07, 6.45) is 0. The number of ether oxygens (including phenoxy) is 1. The van der Waals surface area contributed by atoms with Crippen molar-refractivity contribution in [2.24, 2.45) is 0 Å². The molecule has 1 N–H and O–H groups in total. The first-order valence-corrected chi connectivity index (χ1v) is 9.14. The van der Waals surface area contributed by atoms with E-state index in [1.807, 2.05) is 24.3 Å². The monoisotopic (exact) mass is 373 g/mol. The maximum Gasteiger partial charge on any atom is 0.317 e. The molecule has 2 aromatic carbocycles. The lowest BCUT2D eigenvalue weighted by Crippen LogP contribution is -2.36. The minimum absolute atomic E-state index is 0.0998. The van der Waals surface area contributed by atoms with E-state index >= 15 is 0 Å². The van der Waals surface area contributed by atoms with Crippen LogP contribution < -0.4 is 10.2 Å². The lowest BCUT2D eigenvalue weighted by atomic mass is 10.2. The molecule has 138 valence electrons. The molecule has 26 heavy (non-hydrogen) atoms. The number of amides is 2. The normalized spacial score (nSPS) is 14.2. The highest BCUT2D eigenvalue weighted by Gasteiger charge is 2.12. The van der Waals surface area contributed by atoms with Crippen LogP contribution in [0.1, 0.15) is 11.1 Å². The van der Waals surface area contributed by atoms with Crippen molar-refractivity contribution in [1.29, 1.82) is 0 Å². The molecule has 0 radical (unpaired) electrons. The van der Waals surface area contributed by atoms with Gasteiger partial charge in [0, 0.05) is 43.9 Å². The molecule has 0 bridgehead atoms. The quantitative estimate of drug-likeness (QED) is 0.872. The van der Waals surface area contributed by atoms with Gasteiger partial charge in [-0.05, 0) is 35.4 Å². The van der Waals surface area contributed by atoms with Gasteiger partial charge in [-0.25, -0.2) is 4.79 Å². The second kappa shape index (κ2) is 8.92. The first-order valence-electron chi connectivity index (χ1n) is 8.77. The Morgan fingerprint density at radius 3 is 2.35 bits per heavy atom. The average Bonchev–Trinajstić information content (AvgIpc) is 2.69. The van der Waals surface area contributed by atoms with E-state index in [1.54, 1.807) is 11.9 Å². The van der Waals surface area contributed by atoms with Crippen molar-refractivity contribution in [3.8, 4) is 0 Å². The van der Waals surface area contributed by atoms with Crippen LogP contribution in [0.4, 0.5) is 10.5 Å². The number of carbonyl (C=O) groups excluding carboxylic acids is 1. The van der Waals surface area contributed by atoms with Gasteiger partial charge in [0.15, 0.2) is 0 Å². The van der Waals surface area contributed by atoms with Gasteiger partial charge in [-0.2, -0.15) is 0 Å². The summed E-state index contributed by atoms with van der Waals surface area (Å²) in [6.45, 7) is 4.44. The minimum Gasteiger partial charge on any atom is -0.378 e. The fourth-order valence-corrected chi connectivity index (χ4v) is 3.02. The number of nitrogens with one attached hydrogen (secondary N) is 1. The molecule has 5 nitrogen and oxygen atoms in total. The lowest BCUT2D eigenvalue weighted by molar-refractivity contribution is 0.122. The highest BCUT2D eigenvalue weighted by molar-refractivity contribution is 6.30. The van der Waals surface area contributed by atoms with E-state index in [1.165, 1.54) is 5.69 Å². The third kappa shape index (κ3) is 5.13. The zero-order valence-electron chi connectivity index (χ0n) is 15.0. The summed E-state index contributed by atoms with van der Waals surface area (Å²) in [4.78, 5) is 16.2. The van der Waals surface area contributed by atoms with Crippen LogP contribution in [0.5, 0.6) is 0 Å². The van der Waals surface area contributed by atoms with Crippen LogP contribution in [0.15, 0.2) is 48.5 Å². The Hall–Kier alpha value is -2.24. The van der Waals surface area contributed by atoms with E-state index in [9.17, 15) is 4.79 Å². The Balaban J connectivity index is 1.48. The summed E-state index contributed by atoms with van der Waals surface area (Å²) in [5.74, 6) is 0. The number of anilines is 1. The van der Waals surface area contributed by atoms with Crippen LogP contribution in [0, 0.1) is 0 Å². The molecule has 6 heteroatoms. The second-order valence-corrected chi connectivity index (χ2v) is 6.84. The van der Waals surface area contributed by atoms with Gasteiger partial charge >= 0.3 is 6.03 Å². The Bertz CT molecular complexity index is 713. The minimum atomic E-state index is -0.0998. The number of halogens is 1. The number of nitrogens with zero attached hydrogens (tertiary/aromatic N) is 2. The Labute approximate surface area is 159 Å². The molecule has 1 heterocycles. The molecular weight excluding hydrogens is 350 g/mol. The third-order valence-electron chi connectivity index (χ3n) is 4.44. The van der Waals surface area contributed by atoms with E-state index in [4.69, 9.17) is 16.3 Å². The highest BCUT2D eigenvalue weighted by atomic mass is 35.5. The maximum absolute atomic E-state index is 12.3. The molecular formula is C20H24ClN3O2. The van der Waals surface area contributed by atoms with Crippen molar-refractivity contribution in [1.82, 2.24) is 10.2 Å². The van der Waals surface area contributed by atoms with E-state index in [0.717, 1.165) is 37.4 Å². The van der Waals surface area contributed by atoms with Gasteiger partial charge < -0.3 is 19.9 Å². The second-order valence-electron chi connectivity index (χ2n) is 6.41. The summed E-state index contributed by atoms with van der Waals surface area (Å²) in [5.41, 5.74) is 3.32. The molecule has 1 aliphatic heterocycles. The molecule has 1 fully saturated rings. The molecule has 0 aromatic heterocycles. The van der Waals surface area contributed by atoms with Crippen molar-refractivity contribution >= 4 is 23.3 Å². The molecule has 0 spiro atoms. The summed E-state index contributed by atoms with van der Waals surface area (Å²) in [7, 11) is 1.78.